The molecule has 6 nitrogen and oxygen atoms in total. The first-order chi connectivity index (χ1) is 12.4. The number of amides is 1. The molecular formula is C19H24FNO5. The third-order valence-corrected chi connectivity index (χ3v) is 4.95. The van der Waals surface area contributed by atoms with Crippen molar-refractivity contribution in [1.82, 2.24) is 4.90 Å². The lowest BCUT2D eigenvalue weighted by Gasteiger charge is -2.28. The molecule has 2 saturated heterocycles. The van der Waals surface area contributed by atoms with E-state index in [2.05, 4.69) is 0 Å². The maximum Gasteiger partial charge on any atom is 0.333 e. The number of carbonyl (C=O) groups excluding carboxylic acids is 1. The quantitative estimate of drug-likeness (QED) is 0.837. The molecule has 7 heteroatoms. The monoisotopic (exact) mass is 365 g/mol. The molecule has 2 fully saturated rings. The van der Waals surface area contributed by atoms with Crippen LogP contribution < -0.4 is 0 Å². The molecule has 142 valence electrons. The van der Waals surface area contributed by atoms with Gasteiger partial charge in [-0.05, 0) is 42.9 Å². The number of nitrogens with zero attached hydrogens (tertiary/aromatic N) is 1. The third-order valence-electron chi connectivity index (χ3n) is 4.95. The lowest BCUT2D eigenvalue weighted by molar-refractivity contribution is -0.156. The summed E-state index contributed by atoms with van der Waals surface area (Å²) in [4.78, 5) is 25.8. The SMILES string of the molecule is C[C@@H]1C[C@H](C(=O)N(Cc2cccc(F)c2)CC2CCCO2)O[C@H]1C(=O)O. The van der Waals surface area contributed by atoms with Crippen LogP contribution in [-0.2, 0) is 25.6 Å². The van der Waals surface area contributed by atoms with Crippen molar-refractivity contribution in [3.8, 4) is 0 Å². The van der Waals surface area contributed by atoms with Gasteiger partial charge in [-0.2, -0.15) is 0 Å². The highest BCUT2D eigenvalue weighted by atomic mass is 19.1. The van der Waals surface area contributed by atoms with Crippen molar-refractivity contribution in [1.29, 1.82) is 0 Å². The van der Waals surface area contributed by atoms with Gasteiger partial charge in [-0.3, -0.25) is 4.79 Å². The van der Waals surface area contributed by atoms with Crippen molar-refractivity contribution in [2.45, 2.75) is 51.0 Å². The number of benzene rings is 1. The van der Waals surface area contributed by atoms with Gasteiger partial charge in [-0.25, -0.2) is 9.18 Å². The number of hydrogen-bond acceptors (Lipinski definition) is 4. The van der Waals surface area contributed by atoms with E-state index in [0.717, 1.165) is 12.8 Å². The maximum absolute atomic E-state index is 13.5. The minimum atomic E-state index is -1.05. The van der Waals surface area contributed by atoms with Crippen LogP contribution in [0.15, 0.2) is 24.3 Å². The molecule has 1 aromatic rings. The average molecular weight is 365 g/mol. The summed E-state index contributed by atoms with van der Waals surface area (Å²) in [6.07, 6.45) is 0.364. The summed E-state index contributed by atoms with van der Waals surface area (Å²) in [6, 6.07) is 6.12. The first kappa shape index (κ1) is 18.8. The number of carboxylic acid groups (broad SMARTS) is 1. The van der Waals surface area contributed by atoms with Gasteiger partial charge in [-0.15, -0.1) is 0 Å². The molecule has 0 aromatic heterocycles. The molecule has 0 saturated carbocycles. The van der Waals surface area contributed by atoms with E-state index in [-0.39, 0.29) is 30.3 Å². The van der Waals surface area contributed by atoms with E-state index in [0.29, 0.717) is 25.1 Å². The Bertz CT molecular complexity index is 661. The molecule has 26 heavy (non-hydrogen) atoms. The van der Waals surface area contributed by atoms with E-state index in [1.54, 1.807) is 24.0 Å². The van der Waals surface area contributed by atoms with Gasteiger partial charge in [0.15, 0.2) is 6.10 Å². The van der Waals surface area contributed by atoms with Gasteiger partial charge in [0, 0.05) is 19.7 Å². The molecule has 2 heterocycles. The first-order valence-corrected chi connectivity index (χ1v) is 8.97. The third kappa shape index (κ3) is 4.40. The van der Waals surface area contributed by atoms with Gasteiger partial charge in [-0.1, -0.05) is 19.1 Å². The predicted octanol–water partition coefficient (Wildman–Crippen LogP) is 2.21. The molecule has 1 aromatic carbocycles. The Morgan fingerprint density at radius 1 is 1.38 bits per heavy atom. The largest absolute Gasteiger partial charge is 0.479 e. The van der Waals surface area contributed by atoms with Crippen LogP contribution in [0.25, 0.3) is 0 Å². The Morgan fingerprint density at radius 2 is 2.19 bits per heavy atom. The van der Waals surface area contributed by atoms with E-state index < -0.39 is 18.2 Å². The standard InChI is InChI=1S/C19H24FNO5/c1-12-8-16(26-17(12)19(23)24)18(22)21(11-15-6-3-7-25-15)10-13-4-2-5-14(20)9-13/h2,4-5,9,12,15-17H,3,6-8,10-11H2,1H3,(H,23,24)/t12-,15?,16-,17-/m1/s1. The van der Waals surface area contributed by atoms with Crippen molar-refractivity contribution >= 4 is 11.9 Å². The van der Waals surface area contributed by atoms with Crippen LogP contribution in [0, 0.1) is 11.7 Å². The fraction of sp³-hybridized carbons (Fsp3) is 0.579. The zero-order valence-electron chi connectivity index (χ0n) is 14.8. The molecule has 1 unspecified atom stereocenters. The predicted molar refractivity (Wildman–Crippen MR) is 90.9 cm³/mol. The highest BCUT2D eigenvalue weighted by Gasteiger charge is 2.42. The molecule has 0 aliphatic carbocycles. The molecule has 2 aliphatic rings. The van der Waals surface area contributed by atoms with Crippen molar-refractivity contribution in [2.75, 3.05) is 13.2 Å². The number of carbonyl (C=O) groups is 2. The normalized spacial score (nSPS) is 28.2. The second-order valence-corrected chi connectivity index (χ2v) is 7.08. The molecule has 2 aliphatic heterocycles. The van der Waals surface area contributed by atoms with Crippen molar-refractivity contribution < 1.29 is 28.6 Å². The van der Waals surface area contributed by atoms with Crippen LogP contribution in [0.4, 0.5) is 4.39 Å². The van der Waals surface area contributed by atoms with Gasteiger partial charge in [0.2, 0.25) is 0 Å². The molecule has 0 spiro atoms. The summed E-state index contributed by atoms with van der Waals surface area (Å²) in [7, 11) is 0. The summed E-state index contributed by atoms with van der Waals surface area (Å²) >= 11 is 0. The molecule has 4 atom stereocenters. The second kappa shape index (κ2) is 8.14. The van der Waals surface area contributed by atoms with Crippen LogP contribution in [-0.4, -0.2) is 53.3 Å². The average Bonchev–Trinajstić information content (AvgIpc) is 3.23. The zero-order valence-corrected chi connectivity index (χ0v) is 14.8. The molecule has 3 rings (SSSR count). The van der Waals surface area contributed by atoms with Crippen molar-refractivity contribution in [2.24, 2.45) is 5.92 Å². The van der Waals surface area contributed by atoms with Gasteiger partial charge in [0.1, 0.15) is 11.9 Å². The van der Waals surface area contributed by atoms with E-state index >= 15 is 0 Å². The van der Waals surface area contributed by atoms with Crippen molar-refractivity contribution in [3.63, 3.8) is 0 Å². The molecular weight excluding hydrogens is 341 g/mol. The summed E-state index contributed by atoms with van der Waals surface area (Å²) < 4.78 is 24.6. The Morgan fingerprint density at radius 3 is 2.81 bits per heavy atom. The van der Waals surface area contributed by atoms with Crippen LogP contribution in [0.1, 0.15) is 31.7 Å². The smallest absolute Gasteiger partial charge is 0.333 e. The van der Waals surface area contributed by atoms with Gasteiger partial charge >= 0.3 is 5.97 Å². The van der Waals surface area contributed by atoms with Crippen LogP contribution in [0.5, 0.6) is 0 Å². The lowest BCUT2D eigenvalue weighted by atomic mass is 10.0. The number of ether oxygens (including phenoxy) is 2. The zero-order chi connectivity index (χ0) is 18.7. The lowest BCUT2D eigenvalue weighted by Crippen LogP contribution is -2.43. The molecule has 1 amide bonds. The van der Waals surface area contributed by atoms with Crippen LogP contribution in [0.2, 0.25) is 0 Å². The fourth-order valence-electron chi connectivity index (χ4n) is 3.61. The Labute approximate surface area is 151 Å². The molecule has 0 radical (unpaired) electrons. The number of carboxylic acids is 1. The van der Waals surface area contributed by atoms with Gasteiger partial charge in [0.25, 0.3) is 5.91 Å². The first-order valence-electron chi connectivity index (χ1n) is 8.97. The second-order valence-electron chi connectivity index (χ2n) is 7.08. The minimum Gasteiger partial charge on any atom is -0.479 e. The van der Waals surface area contributed by atoms with E-state index in [4.69, 9.17) is 9.47 Å². The van der Waals surface area contributed by atoms with E-state index in [1.807, 2.05) is 0 Å². The Kier molecular flexibility index (Phi) is 5.88. The number of hydrogen-bond donors (Lipinski definition) is 1. The van der Waals surface area contributed by atoms with E-state index in [1.165, 1.54) is 12.1 Å². The van der Waals surface area contributed by atoms with Crippen LogP contribution in [0.3, 0.4) is 0 Å². The maximum atomic E-state index is 13.5. The summed E-state index contributed by atoms with van der Waals surface area (Å²) in [5.74, 6) is -1.91. The number of rotatable bonds is 6. The summed E-state index contributed by atoms with van der Waals surface area (Å²) in [5, 5.41) is 9.21. The Hall–Kier alpha value is -1.99. The summed E-state index contributed by atoms with van der Waals surface area (Å²) in [5.41, 5.74) is 0.678. The van der Waals surface area contributed by atoms with E-state index in [9.17, 15) is 19.1 Å². The minimum absolute atomic E-state index is 0.0541. The molecule has 1 N–H and O–H groups in total. The summed E-state index contributed by atoms with van der Waals surface area (Å²) in [6.45, 7) is 3.07. The molecule has 0 bridgehead atoms. The highest BCUT2D eigenvalue weighted by molar-refractivity contribution is 5.83. The van der Waals surface area contributed by atoms with Crippen molar-refractivity contribution in [3.05, 3.63) is 35.6 Å². The van der Waals surface area contributed by atoms with Gasteiger partial charge in [0.05, 0.1) is 6.10 Å². The van der Waals surface area contributed by atoms with Gasteiger partial charge < -0.3 is 19.5 Å². The topological polar surface area (TPSA) is 76.1 Å². The fourth-order valence-corrected chi connectivity index (χ4v) is 3.61. The Balaban J connectivity index is 1.73. The highest BCUT2D eigenvalue weighted by Crippen LogP contribution is 2.28. The number of aliphatic carboxylic acids is 1. The van der Waals surface area contributed by atoms with Crippen LogP contribution >= 0.6 is 0 Å². The number of halogens is 1.